The van der Waals surface area contributed by atoms with Gasteiger partial charge < -0.3 is 0 Å². The molecule has 2 heterocycles. The molecule has 2 rings (SSSR count). The average Bonchev–Trinajstić information content (AvgIpc) is 2.17. The summed E-state index contributed by atoms with van der Waals surface area (Å²) in [6.07, 6.45) is 2.99. The van der Waals surface area contributed by atoms with Crippen LogP contribution in [0.1, 0.15) is 12.5 Å². The molecular formula is C11H15FN2S. The molecule has 0 unspecified atom stereocenters. The minimum atomic E-state index is -0.244. The molecule has 15 heavy (non-hydrogen) atoms. The van der Waals surface area contributed by atoms with Crippen molar-refractivity contribution in [1.29, 1.82) is 0 Å². The second-order valence-corrected chi connectivity index (χ2v) is 5.47. The van der Waals surface area contributed by atoms with Crippen LogP contribution in [0.25, 0.3) is 0 Å². The maximum Gasteiger partial charge on any atom is 0.141 e. The zero-order chi connectivity index (χ0) is 10.7. The van der Waals surface area contributed by atoms with E-state index in [4.69, 9.17) is 0 Å². The summed E-state index contributed by atoms with van der Waals surface area (Å²) >= 11 is 2.00. The Balaban J connectivity index is 1.96. The van der Waals surface area contributed by atoms with Crippen molar-refractivity contribution in [3.05, 3.63) is 29.8 Å². The van der Waals surface area contributed by atoms with Crippen LogP contribution in [0.3, 0.4) is 0 Å². The summed E-state index contributed by atoms with van der Waals surface area (Å²) in [6.45, 7) is 5.23. The van der Waals surface area contributed by atoms with Crippen molar-refractivity contribution in [2.45, 2.75) is 18.7 Å². The van der Waals surface area contributed by atoms with Crippen LogP contribution in [0.2, 0.25) is 0 Å². The Labute approximate surface area is 93.9 Å². The number of aromatic nitrogens is 1. The van der Waals surface area contributed by atoms with Gasteiger partial charge in [0.25, 0.3) is 0 Å². The Morgan fingerprint density at radius 1 is 1.60 bits per heavy atom. The van der Waals surface area contributed by atoms with Gasteiger partial charge in [0.15, 0.2) is 0 Å². The zero-order valence-corrected chi connectivity index (χ0v) is 9.63. The number of hydrogen-bond donors (Lipinski definition) is 0. The molecule has 1 atom stereocenters. The molecule has 4 heteroatoms. The third-order valence-corrected chi connectivity index (χ3v) is 3.63. The second-order valence-electron chi connectivity index (χ2n) is 3.93. The summed E-state index contributed by atoms with van der Waals surface area (Å²) in [7, 11) is 0. The molecule has 1 aliphatic rings. The van der Waals surface area contributed by atoms with E-state index in [9.17, 15) is 4.39 Å². The molecule has 0 saturated carbocycles. The van der Waals surface area contributed by atoms with Crippen LogP contribution in [0, 0.1) is 5.82 Å². The van der Waals surface area contributed by atoms with Gasteiger partial charge in [-0.3, -0.25) is 9.88 Å². The Morgan fingerprint density at radius 2 is 2.47 bits per heavy atom. The topological polar surface area (TPSA) is 16.1 Å². The first-order valence-electron chi connectivity index (χ1n) is 5.17. The molecule has 0 bridgehead atoms. The number of halogens is 1. The normalized spacial score (nSPS) is 22.9. The van der Waals surface area contributed by atoms with E-state index < -0.39 is 0 Å². The number of pyridine rings is 1. The molecule has 1 aromatic rings. The van der Waals surface area contributed by atoms with Crippen molar-refractivity contribution in [1.82, 2.24) is 9.88 Å². The van der Waals surface area contributed by atoms with E-state index in [1.54, 1.807) is 12.3 Å². The van der Waals surface area contributed by atoms with Gasteiger partial charge in [-0.1, -0.05) is 6.92 Å². The van der Waals surface area contributed by atoms with Gasteiger partial charge in [-0.15, -0.1) is 0 Å². The average molecular weight is 226 g/mol. The maximum atomic E-state index is 12.9. The largest absolute Gasteiger partial charge is 0.297 e. The van der Waals surface area contributed by atoms with Crippen LogP contribution in [0.15, 0.2) is 18.5 Å². The fourth-order valence-corrected chi connectivity index (χ4v) is 2.92. The summed E-state index contributed by atoms with van der Waals surface area (Å²) in [5.74, 6) is 0.927. The molecule has 0 amide bonds. The predicted molar refractivity (Wildman–Crippen MR) is 61.4 cm³/mol. The fourth-order valence-electron chi connectivity index (χ4n) is 1.83. The van der Waals surface area contributed by atoms with E-state index in [1.807, 2.05) is 11.8 Å². The zero-order valence-electron chi connectivity index (χ0n) is 8.82. The molecule has 1 aromatic heterocycles. The lowest BCUT2D eigenvalue weighted by Gasteiger charge is -2.30. The molecular weight excluding hydrogens is 211 g/mol. The molecule has 1 saturated heterocycles. The summed E-state index contributed by atoms with van der Waals surface area (Å²) in [4.78, 5) is 6.22. The highest BCUT2D eigenvalue weighted by molar-refractivity contribution is 7.99. The maximum absolute atomic E-state index is 12.9. The smallest absolute Gasteiger partial charge is 0.141 e. The van der Waals surface area contributed by atoms with E-state index in [0.29, 0.717) is 5.25 Å². The Kier molecular flexibility index (Phi) is 3.59. The first kappa shape index (κ1) is 10.9. The number of rotatable bonds is 2. The molecule has 0 aromatic carbocycles. The minimum Gasteiger partial charge on any atom is -0.297 e. The Hall–Kier alpha value is -0.610. The molecule has 0 N–H and O–H groups in total. The highest BCUT2D eigenvalue weighted by Gasteiger charge is 2.16. The van der Waals surface area contributed by atoms with Crippen LogP contribution < -0.4 is 0 Å². The lowest BCUT2D eigenvalue weighted by molar-refractivity contribution is 0.277. The van der Waals surface area contributed by atoms with Crippen molar-refractivity contribution in [3.8, 4) is 0 Å². The Morgan fingerprint density at radius 3 is 3.20 bits per heavy atom. The van der Waals surface area contributed by atoms with E-state index in [1.165, 1.54) is 11.9 Å². The monoisotopic (exact) mass is 226 g/mol. The quantitative estimate of drug-likeness (QED) is 0.769. The van der Waals surface area contributed by atoms with Gasteiger partial charge in [-0.2, -0.15) is 11.8 Å². The van der Waals surface area contributed by atoms with Crippen molar-refractivity contribution < 1.29 is 4.39 Å². The lowest BCUT2D eigenvalue weighted by atomic mass is 10.2. The van der Waals surface area contributed by atoms with E-state index >= 15 is 0 Å². The van der Waals surface area contributed by atoms with Gasteiger partial charge in [0.05, 0.1) is 6.20 Å². The highest BCUT2D eigenvalue weighted by Crippen LogP contribution is 2.19. The molecule has 0 radical (unpaired) electrons. The molecule has 1 fully saturated rings. The van der Waals surface area contributed by atoms with Gasteiger partial charge in [0.2, 0.25) is 0 Å². The van der Waals surface area contributed by atoms with Gasteiger partial charge >= 0.3 is 0 Å². The van der Waals surface area contributed by atoms with Crippen molar-refractivity contribution in [2.75, 3.05) is 18.8 Å². The first-order valence-corrected chi connectivity index (χ1v) is 6.22. The van der Waals surface area contributed by atoms with Gasteiger partial charge in [0.1, 0.15) is 5.82 Å². The van der Waals surface area contributed by atoms with Crippen LogP contribution in [-0.2, 0) is 6.54 Å². The van der Waals surface area contributed by atoms with Crippen LogP contribution >= 0.6 is 11.8 Å². The first-order chi connectivity index (χ1) is 7.24. The molecule has 0 spiro atoms. The summed E-state index contributed by atoms with van der Waals surface area (Å²) in [6, 6.07) is 1.57. The molecule has 82 valence electrons. The summed E-state index contributed by atoms with van der Waals surface area (Å²) in [5.41, 5.74) is 0.967. The molecule has 2 nitrogen and oxygen atoms in total. The number of thioether (sulfide) groups is 1. The number of nitrogens with zero attached hydrogens (tertiary/aromatic N) is 2. The Bertz CT molecular complexity index is 332. The predicted octanol–water partition coefficient (Wildman–Crippen LogP) is 2.16. The third kappa shape index (κ3) is 3.18. The van der Waals surface area contributed by atoms with Crippen LogP contribution in [0.5, 0.6) is 0 Å². The highest BCUT2D eigenvalue weighted by atomic mass is 32.2. The second kappa shape index (κ2) is 4.94. The third-order valence-electron chi connectivity index (χ3n) is 2.49. The van der Waals surface area contributed by atoms with Crippen molar-refractivity contribution in [3.63, 3.8) is 0 Å². The van der Waals surface area contributed by atoms with Crippen molar-refractivity contribution in [2.24, 2.45) is 0 Å². The lowest BCUT2D eigenvalue weighted by Crippen LogP contribution is -2.36. The SMILES string of the molecule is C[C@@H]1CN(Cc2cncc(F)c2)CCS1. The summed E-state index contributed by atoms with van der Waals surface area (Å²) < 4.78 is 12.9. The van der Waals surface area contributed by atoms with Gasteiger partial charge in [-0.05, 0) is 11.6 Å². The van der Waals surface area contributed by atoms with E-state index in [0.717, 1.165) is 25.2 Å². The van der Waals surface area contributed by atoms with E-state index in [-0.39, 0.29) is 5.82 Å². The fraction of sp³-hybridized carbons (Fsp3) is 0.545. The van der Waals surface area contributed by atoms with Crippen molar-refractivity contribution >= 4 is 11.8 Å². The van der Waals surface area contributed by atoms with E-state index in [2.05, 4.69) is 16.8 Å². The van der Waals surface area contributed by atoms with Gasteiger partial charge in [-0.25, -0.2) is 4.39 Å². The standard InChI is InChI=1S/C11H15FN2S/c1-9-7-14(2-3-15-9)8-10-4-11(12)6-13-5-10/h4-6,9H,2-3,7-8H2,1H3/t9-/m1/s1. The minimum absolute atomic E-state index is 0.244. The van der Waals surface area contributed by atoms with Crippen LogP contribution in [0.4, 0.5) is 4.39 Å². The molecule has 0 aliphatic carbocycles. The molecule has 1 aliphatic heterocycles. The summed E-state index contributed by atoms with van der Waals surface area (Å²) in [5, 5.41) is 0.681. The number of hydrogen-bond acceptors (Lipinski definition) is 3. The van der Waals surface area contributed by atoms with Gasteiger partial charge in [0, 0.05) is 36.8 Å². The van der Waals surface area contributed by atoms with Crippen LogP contribution in [-0.4, -0.2) is 34.0 Å².